The van der Waals surface area contributed by atoms with Crippen LogP contribution in [0.4, 0.5) is 10.5 Å². The number of benzene rings is 1. The molecule has 1 amide bonds. The number of hydrogen-bond donors (Lipinski definition) is 1. The lowest BCUT2D eigenvalue weighted by atomic mass is 10.2. The van der Waals surface area contributed by atoms with Crippen LogP contribution in [0.25, 0.3) is 0 Å². The summed E-state index contributed by atoms with van der Waals surface area (Å²) in [6.45, 7) is 0.336. The smallest absolute Gasteiger partial charge is 0.436 e. The number of fused-ring (bicyclic) bond motifs is 1. The molecule has 1 aliphatic heterocycles. The van der Waals surface area contributed by atoms with Gasteiger partial charge in [0.2, 0.25) is 0 Å². The number of amides is 1. The normalized spacial score (nSPS) is 14.5. The lowest BCUT2D eigenvalue weighted by Crippen LogP contribution is -2.24. The van der Waals surface area contributed by atoms with E-state index >= 15 is 0 Å². The summed E-state index contributed by atoms with van der Waals surface area (Å²) in [7, 11) is 0. The first kappa shape index (κ1) is 7.12. The van der Waals surface area contributed by atoms with E-state index in [2.05, 4.69) is 0 Å². The number of para-hydroxylation sites is 1. The summed E-state index contributed by atoms with van der Waals surface area (Å²) in [5.41, 5.74) is 1.52. The zero-order valence-corrected chi connectivity index (χ0v) is 6.23. The van der Waals surface area contributed by atoms with E-state index in [0.29, 0.717) is 12.3 Å². The second-order valence-electron chi connectivity index (χ2n) is 2.48. The fourth-order valence-electron chi connectivity index (χ4n) is 1.19. The van der Waals surface area contributed by atoms with Crippen molar-refractivity contribution in [2.24, 2.45) is 0 Å². The van der Waals surface area contributed by atoms with Gasteiger partial charge in [0.15, 0.2) is 0 Å². The molecule has 62 valence electrons. The maximum absolute atomic E-state index is 10.6. The maximum Gasteiger partial charge on any atom is 0.436 e. The van der Waals surface area contributed by atoms with Crippen molar-refractivity contribution in [3.63, 3.8) is 0 Å². The molecule has 1 N–H and O–H groups in total. The molecule has 0 bridgehead atoms. The molecule has 0 fully saturated rings. The third-order valence-electron chi connectivity index (χ3n) is 1.73. The van der Waals surface area contributed by atoms with E-state index in [1.807, 2.05) is 12.1 Å². The van der Waals surface area contributed by atoms with E-state index in [-0.39, 0.29) is 0 Å². The van der Waals surface area contributed by atoms with E-state index in [4.69, 9.17) is 9.94 Å². The van der Waals surface area contributed by atoms with Crippen LogP contribution in [-0.4, -0.2) is 11.2 Å². The third kappa shape index (κ3) is 0.931. The molecule has 0 atom stereocenters. The molecule has 0 saturated carbocycles. The summed E-state index contributed by atoms with van der Waals surface area (Å²) in [6, 6.07) is 7.20. The highest BCUT2D eigenvalue weighted by molar-refractivity contribution is 5.85. The molecule has 4 nitrogen and oxygen atoms in total. The second-order valence-corrected chi connectivity index (χ2v) is 2.48. The molecule has 1 aliphatic rings. The van der Waals surface area contributed by atoms with Gasteiger partial charge in [-0.2, -0.15) is 5.06 Å². The van der Waals surface area contributed by atoms with Crippen molar-refractivity contribution in [2.75, 3.05) is 5.06 Å². The SMILES string of the molecule is O=C(O)N1OCc2ccccc21. The van der Waals surface area contributed by atoms with Crippen LogP contribution in [0.3, 0.4) is 0 Å². The predicted molar refractivity (Wildman–Crippen MR) is 41.7 cm³/mol. The summed E-state index contributed by atoms with van der Waals surface area (Å²) in [5, 5.41) is 9.55. The Morgan fingerprint density at radius 1 is 1.50 bits per heavy atom. The number of anilines is 1. The molecule has 1 aromatic rings. The van der Waals surface area contributed by atoms with E-state index in [1.54, 1.807) is 12.1 Å². The number of carboxylic acid groups (broad SMARTS) is 1. The predicted octanol–water partition coefficient (Wildman–Crippen LogP) is 1.62. The molecule has 2 rings (SSSR count). The summed E-state index contributed by atoms with van der Waals surface area (Å²) in [5.74, 6) is 0. The molecule has 1 heterocycles. The van der Waals surface area contributed by atoms with Crippen molar-refractivity contribution >= 4 is 11.8 Å². The molecule has 4 heteroatoms. The first-order chi connectivity index (χ1) is 5.79. The Hall–Kier alpha value is -1.55. The summed E-state index contributed by atoms with van der Waals surface area (Å²) < 4.78 is 0. The van der Waals surface area contributed by atoms with Crippen LogP contribution in [-0.2, 0) is 11.4 Å². The molecule has 0 saturated heterocycles. The quantitative estimate of drug-likeness (QED) is 0.635. The van der Waals surface area contributed by atoms with Crippen LogP contribution in [0.1, 0.15) is 5.56 Å². The molecule has 0 unspecified atom stereocenters. The van der Waals surface area contributed by atoms with Gasteiger partial charge in [-0.25, -0.2) is 4.79 Å². The summed E-state index contributed by atoms with van der Waals surface area (Å²) in [6.07, 6.45) is -1.08. The first-order valence-electron chi connectivity index (χ1n) is 3.53. The average molecular weight is 165 g/mol. The topological polar surface area (TPSA) is 49.8 Å². The van der Waals surface area contributed by atoms with Gasteiger partial charge in [0.25, 0.3) is 0 Å². The van der Waals surface area contributed by atoms with Crippen LogP contribution in [0, 0.1) is 0 Å². The Bertz CT molecular complexity index is 324. The Labute approximate surface area is 68.9 Å². The monoisotopic (exact) mass is 165 g/mol. The van der Waals surface area contributed by atoms with Crippen molar-refractivity contribution in [3.8, 4) is 0 Å². The zero-order chi connectivity index (χ0) is 8.55. The van der Waals surface area contributed by atoms with Gasteiger partial charge in [-0.1, -0.05) is 18.2 Å². The van der Waals surface area contributed by atoms with E-state index in [1.165, 1.54) is 0 Å². The molecular weight excluding hydrogens is 158 g/mol. The lowest BCUT2D eigenvalue weighted by molar-refractivity contribution is 0.102. The minimum Gasteiger partial charge on any atom is -0.463 e. The minimum atomic E-state index is -1.08. The Morgan fingerprint density at radius 3 is 3.00 bits per heavy atom. The minimum absolute atomic E-state index is 0.336. The van der Waals surface area contributed by atoms with Gasteiger partial charge >= 0.3 is 6.09 Å². The number of rotatable bonds is 0. The second kappa shape index (κ2) is 2.49. The lowest BCUT2D eigenvalue weighted by Gasteiger charge is -2.09. The van der Waals surface area contributed by atoms with E-state index in [9.17, 15) is 4.79 Å². The molecule has 12 heavy (non-hydrogen) atoms. The van der Waals surface area contributed by atoms with Gasteiger partial charge in [-0.05, 0) is 6.07 Å². The number of hydrogen-bond acceptors (Lipinski definition) is 2. The fourth-order valence-corrected chi connectivity index (χ4v) is 1.19. The van der Waals surface area contributed by atoms with Crippen LogP contribution < -0.4 is 5.06 Å². The Morgan fingerprint density at radius 2 is 2.25 bits per heavy atom. The van der Waals surface area contributed by atoms with Gasteiger partial charge in [0, 0.05) is 5.56 Å². The third-order valence-corrected chi connectivity index (χ3v) is 1.73. The van der Waals surface area contributed by atoms with Gasteiger partial charge in [-0.3, -0.25) is 4.84 Å². The largest absolute Gasteiger partial charge is 0.463 e. The maximum atomic E-state index is 10.6. The zero-order valence-electron chi connectivity index (χ0n) is 6.23. The number of carbonyl (C=O) groups is 1. The van der Waals surface area contributed by atoms with Gasteiger partial charge < -0.3 is 5.11 Å². The Balaban J connectivity index is 2.42. The van der Waals surface area contributed by atoms with Crippen LogP contribution >= 0.6 is 0 Å². The first-order valence-corrected chi connectivity index (χ1v) is 3.53. The molecule has 1 aromatic carbocycles. The van der Waals surface area contributed by atoms with Crippen molar-refractivity contribution in [2.45, 2.75) is 6.61 Å². The van der Waals surface area contributed by atoms with Gasteiger partial charge in [0.05, 0.1) is 5.69 Å². The average Bonchev–Trinajstić information content (AvgIpc) is 2.47. The van der Waals surface area contributed by atoms with E-state index < -0.39 is 6.09 Å². The van der Waals surface area contributed by atoms with E-state index in [0.717, 1.165) is 10.6 Å². The summed E-state index contributed by atoms with van der Waals surface area (Å²) in [4.78, 5) is 15.5. The van der Waals surface area contributed by atoms with Crippen molar-refractivity contribution < 1.29 is 14.7 Å². The molecule has 0 spiro atoms. The number of nitrogens with zero attached hydrogens (tertiary/aromatic N) is 1. The van der Waals surface area contributed by atoms with Crippen LogP contribution in [0.2, 0.25) is 0 Å². The van der Waals surface area contributed by atoms with Gasteiger partial charge in [0.1, 0.15) is 6.61 Å². The Kier molecular flexibility index (Phi) is 1.48. The van der Waals surface area contributed by atoms with Crippen LogP contribution in [0.5, 0.6) is 0 Å². The highest BCUT2D eigenvalue weighted by atomic mass is 16.7. The molecule has 0 radical (unpaired) electrons. The summed E-state index contributed by atoms with van der Waals surface area (Å²) >= 11 is 0. The fraction of sp³-hybridized carbons (Fsp3) is 0.125. The van der Waals surface area contributed by atoms with Crippen molar-refractivity contribution in [1.29, 1.82) is 0 Å². The molecule has 0 aliphatic carbocycles. The highest BCUT2D eigenvalue weighted by Gasteiger charge is 2.24. The highest BCUT2D eigenvalue weighted by Crippen LogP contribution is 2.27. The van der Waals surface area contributed by atoms with Crippen LogP contribution in [0.15, 0.2) is 24.3 Å². The van der Waals surface area contributed by atoms with Gasteiger partial charge in [-0.15, -0.1) is 0 Å². The molecular formula is C8H7NO3. The standard InChI is InChI=1S/C8H7NO3/c10-8(11)9-7-4-2-1-3-6(7)5-12-9/h1-4H,5H2,(H,10,11). The van der Waals surface area contributed by atoms with Crippen molar-refractivity contribution in [3.05, 3.63) is 29.8 Å². The molecule has 0 aromatic heterocycles. The van der Waals surface area contributed by atoms with Crippen molar-refractivity contribution in [1.82, 2.24) is 0 Å². The number of hydroxylamine groups is 1.